The minimum absolute atomic E-state index is 0.486. The largest absolute Gasteiger partial charge is 0.362 e. The molecule has 0 bridgehead atoms. The molecule has 0 fully saturated rings. The van der Waals surface area contributed by atoms with Crippen LogP contribution < -0.4 is 10.6 Å². The van der Waals surface area contributed by atoms with Crippen molar-refractivity contribution in [1.29, 1.82) is 0 Å². The highest BCUT2D eigenvalue weighted by Gasteiger charge is 1.97. The molecule has 2 N–H and O–H groups in total. The topological polar surface area (TPSA) is 54.0 Å². The van der Waals surface area contributed by atoms with Crippen LogP contribution in [0.15, 0.2) is 64.8 Å². The maximum Gasteiger partial charge on any atom is 0.0858 e. The number of nitrogens with zero attached hydrogens (tertiary/aromatic N) is 3. The van der Waals surface area contributed by atoms with Crippen LogP contribution in [-0.2, 0) is 0 Å². The smallest absolute Gasteiger partial charge is 0.0858 e. The predicted molar refractivity (Wildman–Crippen MR) is 89.2 cm³/mol. The van der Waals surface area contributed by atoms with Crippen molar-refractivity contribution in [2.75, 3.05) is 18.6 Å². The number of nitrogens with two attached hydrogens (primary N) is 1. The van der Waals surface area contributed by atoms with E-state index < -0.39 is 0 Å². The van der Waals surface area contributed by atoms with Gasteiger partial charge in [-0.05, 0) is 48.9 Å². The average molecular weight is 280 g/mol. The van der Waals surface area contributed by atoms with Crippen molar-refractivity contribution in [2.24, 2.45) is 16.0 Å². The van der Waals surface area contributed by atoms with E-state index >= 15 is 0 Å². The van der Waals surface area contributed by atoms with E-state index in [9.17, 15) is 0 Å². The van der Waals surface area contributed by atoms with E-state index in [0.29, 0.717) is 6.67 Å². The lowest BCUT2D eigenvalue weighted by atomic mass is 10.2. The Morgan fingerprint density at radius 3 is 1.95 bits per heavy atom. The Bertz CT molecular complexity index is 612. The summed E-state index contributed by atoms with van der Waals surface area (Å²) in [4.78, 5) is 1.96. The molecule has 2 aromatic rings. The van der Waals surface area contributed by atoms with Gasteiger partial charge in [0.1, 0.15) is 0 Å². The minimum atomic E-state index is 0.486. The van der Waals surface area contributed by atoms with Crippen molar-refractivity contribution in [3.63, 3.8) is 0 Å². The molecule has 0 saturated carbocycles. The quantitative estimate of drug-likeness (QED) is 0.648. The fourth-order valence-electron chi connectivity index (χ4n) is 1.84. The Hall–Kier alpha value is -2.46. The highest BCUT2D eigenvalue weighted by atomic mass is 15.1. The first kappa shape index (κ1) is 14.9. The van der Waals surface area contributed by atoms with Crippen LogP contribution in [0.25, 0.3) is 6.08 Å². The summed E-state index contributed by atoms with van der Waals surface area (Å²) >= 11 is 0. The van der Waals surface area contributed by atoms with Crippen molar-refractivity contribution in [3.8, 4) is 0 Å². The molecule has 2 aromatic carbocycles. The van der Waals surface area contributed by atoms with Crippen molar-refractivity contribution in [1.82, 2.24) is 0 Å². The van der Waals surface area contributed by atoms with Gasteiger partial charge in [-0.15, -0.1) is 0 Å². The van der Waals surface area contributed by atoms with Gasteiger partial charge in [0.15, 0.2) is 0 Å². The van der Waals surface area contributed by atoms with Crippen LogP contribution in [0.5, 0.6) is 0 Å². The van der Waals surface area contributed by atoms with E-state index in [0.717, 1.165) is 22.6 Å². The van der Waals surface area contributed by atoms with Crippen LogP contribution in [0.3, 0.4) is 0 Å². The van der Waals surface area contributed by atoms with Gasteiger partial charge < -0.3 is 10.6 Å². The third kappa shape index (κ3) is 4.26. The zero-order chi connectivity index (χ0) is 15.1. The zero-order valence-electron chi connectivity index (χ0n) is 12.4. The number of allylic oxidation sites excluding steroid dienone is 1. The predicted octanol–water partition coefficient (Wildman–Crippen LogP) is 4.49. The Kier molecular flexibility index (Phi) is 5.23. The van der Waals surface area contributed by atoms with Gasteiger partial charge in [-0.1, -0.05) is 24.3 Å². The highest BCUT2D eigenvalue weighted by Crippen LogP contribution is 2.21. The lowest BCUT2D eigenvalue weighted by Crippen LogP contribution is -2.24. The number of anilines is 1. The normalized spacial score (nSPS) is 11.4. The van der Waals surface area contributed by atoms with Crippen molar-refractivity contribution in [2.45, 2.75) is 6.92 Å². The molecule has 0 heterocycles. The third-order valence-electron chi connectivity index (χ3n) is 3.10. The molecule has 2 rings (SSSR count). The maximum absolute atomic E-state index is 5.59. The zero-order valence-corrected chi connectivity index (χ0v) is 12.4. The summed E-state index contributed by atoms with van der Waals surface area (Å²) in [6.07, 6.45) is 4.06. The maximum atomic E-state index is 5.59. The molecular formula is C17H20N4. The third-order valence-corrected chi connectivity index (χ3v) is 3.10. The van der Waals surface area contributed by atoms with Gasteiger partial charge in [-0.3, -0.25) is 0 Å². The van der Waals surface area contributed by atoms with Crippen LogP contribution in [0.1, 0.15) is 12.5 Å². The van der Waals surface area contributed by atoms with Crippen molar-refractivity contribution < 1.29 is 0 Å². The van der Waals surface area contributed by atoms with E-state index in [1.807, 2.05) is 79.6 Å². The molecular weight excluding hydrogens is 260 g/mol. The number of hydrogen-bond acceptors (Lipinski definition) is 4. The van der Waals surface area contributed by atoms with Crippen LogP contribution in [-0.4, -0.2) is 13.7 Å². The summed E-state index contributed by atoms with van der Waals surface area (Å²) in [6.45, 7) is 2.48. The fourth-order valence-corrected chi connectivity index (χ4v) is 1.84. The molecule has 0 aliphatic carbocycles. The number of azo groups is 1. The first-order valence-electron chi connectivity index (χ1n) is 6.88. The number of hydrogen-bond donors (Lipinski definition) is 1. The summed E-state index contributed by atoms with van der Waals surface area (Å²) in [7, 11) is 1.95. The standard InChI is InChI=1S/C17H20N4/c1-3-4-14-5-7-15(8-6-14)19-20-16-9-11-17(12-10-16)21(2)13-18/h3-12H,13,18H2,1-2H3. The SMILES string of the molecule is CC=Cc1ccc(N=Nc2ccc(N(C)CN)cc2)cc1. The number of rotatable bonds is 5. The molecule has 0 radical (unpaired) electrons. The average Bonchev–Trinajstić information content (AvgIpc) is 2.54. The molecule has 0 spiro atoms. The summed E-state index contributed by atoms with van der Waals surface area (Å²) < 4.78 is 0. The molecule has 4 heteroatoms. The van der Waals surface area contributed by atoms with Gasteiger partial charge in [0.25, 0.3) is 0 Å². The molecule has 0 aromatic heterocycles. The number of benzene rings is 2. The molecule has 0 saturated heterocycles. The molecule has 0 aliphatic rings. The second-order valence-corrected chi connectivity index (χ2v) is 4.69. The fraction of sp³-hybridized carbons (Fsp3) is 0.176. The van der Waals surface area contributed by atoms with Gasteiger partial charge >= 0.3 is 0 Å². The summed E-state index contributed by atoms with van der Waals surface area (Å²) in [5.41, 5.74) is 9.47. The summed E-state index contributed by atoms with van der Waals surface area (Å²) in [6, 6.07) is 15.8. The van der Waals surface area contributed by atoms with Gasteiger partial charge in [-0.2, -0.15) is 10.2 Å². The van der Waals surface area contributed by atoms with Crippen LogP contribution in [0.4, 0.5) is 17.1 Å². The van der Waals surface area contributed by atoms with Crippen LogP contribution in [0, 0.1) is 0 Å². The first-order valence-corrected chi connectivity index (χ1v) is 6.88. The lowest BCUT2D eigenvalue weighted by Gasteiger charge is -2.15. The van der Waals surface area contributed by atoms with E-state index in [1.165, 1.54) is 0 Å². The highest BCUT2D eigenvalue weighted by molar-refractivity contribution is 5.54. The second-order valence-electron chi connectivity index (χ2n) is 4.69. The Morgan fingerprint density at radius 2 is 1.48 bits per heavy atom. The molecule has 0 atom stereocenters. The van der Waals surface area contributed by atoms with Gasteiger partial charge in [0, 0.05) is 12.7 Å². The Balaban J connectivity index is 2.06. The van der Waals surface area contributed by atoms with Crippen molar-refractivity contribution in [3.05, 3.63) is 60.2 Å². The van der Waals surface area contributed by atoms with E-state index in [-0.39, 0.29) is 0 Å². The van der Waals surface area contributed by atoms with E-state index in [4.69, 9.17) is 5.73 Å². The molecule has 0 aliphatic heterocycles. The molecule has 108 valence electrons. The molecule has 4 nitrogen and oxygen atoms in total. The van der Waals surface area contributed by atoms with Gasteiger partial charge in [0.2, 0.25) is 0 Å². The van der Waals surface area contributed by atoms with Gasteiger partial charge in [0.05, 0.1) is 18.0 Å². The summed E-state index contributed by atoms with van der Waals surface area (Å²) in [5, 5.41) is 8.47. The molecule has 21 heavy (non-hydrogen) atoms. The lowest BCUT2D eigenvalue weighted by molar-refractivity contribution is 0.933. The van der Waals surface area contributed by atoms with E-state index in [1.54, 1.807) is 0 Å². The molecule has 0 unspecified atom stereocenters. The summed E-state index contributed by atoms with van der Waals surface area (Å²) in [5.74, 6) is 0. The Morgan fingerprint density at radius 1 is 0.952 bits per heavy atom. The van der Waals surface area contributed by atoms with Crippen LogP contribution in [0.2, 0.25) is 0 Å². The first-order chi connectivity index (χ1) is 10.2. The van der Waals surface area contributed by atoms with E-state index in [2.05, 4.69) is 10.2 Å². The van der Waals surface area contributed by atoms with Crippen LogP contribution >= 0.6 is 0 Å². The molecule has 0 amide bonds. The van der Waals surface area contributed by atoms with Crippen molar-refractivity contribution >= 4 is 23.1 Å². The second kappa shape index (κ2) is 7.36. The minimum Gasteiger partial charge on any atom is -0.362 e. The van der Waals surface area contributed by atoms with Gasteiger partial charge in [-0.25, -0.2) is 0 Å². The monoisotopic (exact) mass is 280 g/mol. The Labute approximate surface area is 125 Å².